The highest BCUT2D eigenvalue weighted by atomic mass is 19.1. The number of Topliss-reactive ketones (excluding diaryl/α,β-unsaturated/α-hetero) is 1. The molecule has 0 atom stereocenters. The number of amides is 1. The van der Waals surface area contributed by atoms with Gasteiger partial charge in [-0.3, -0.25) is 9.59 Å². The summed E-state index contributed by atoms with van der Waals surface area (Å²) >= 11 is 0. The molecule has 5 heteroatoms. The largest absolute Gasteiger partial charge is 0.494 e. The fraction of sp³-hybridized carbons (Fsp3) is 0.273. The highest BCUT2D eigenvalue weighted by Gasteiger charge is 2.28. The first-order valence-electron chi connectivity index (χ1n) is 4.77. The molecule has 1 saturated heterocycles. The second-order valence-electron chi connectivity index (χ2n) is 3.51. The van der Waals surface area contributed by atoms with Gasteiger partial charge in [0.15, 0.2) is 17.3 Å². The highest BCUT2D eigenvalue weighted by molar-refractivity contribution is 6.15. The van der Waals surface area contributed by atoms with Gasteiger partial charge in [0.1, 0.15) is 0 Å². The number of ether oxygens (including phenoxy) is 1. The Hall–Kier alpha value is -1.91. The minimum atomic E-state index is -0.549. The first-order chi connectivity index (χ1) is 7.61. The van der Waals surface area contributed by atoms with Crippen molar-refractivity contribution in [3.05, 3.63) is 24.0 Å². The molecule has 1 aliphatic rings. The topological polar surface area (TPSA) is 46.6 Å². The van der Waals surface area contributed by atoms with Crippen molar-refractivity contribution in [1.29, 1.82) is 0 Å². The van der Waals surface area contributed by atoms with Crippen LogP contribution in [-0.4, -0.2) is 25.3 Å². The Kier molecular flexibility index (Phi) is 2.60. The monoisotopic (exact) mass is 223 g/mol. The van der Waals surface area contributed by atoms with E-state index in [1.54, 1.807) is 6.07 Å². The second kappa shape index (κ2) is 3.92. The Balaban J connectivity index is 2.31. The smallest absolute Gasteiger partial charge is 0.234 e. The van der Waals surface area contributed by atoms with E-state index < -0.39 is 5.82 Å². The minimum absolute atomic E-state index is 0.0185. The van der Waals surface area contributed by atoms with E-state index in [-0.39, 0.29) is 30.4 Å². The van der Waals surface area contributed by atoms with Crippen molar-refractivity contribution < 1.29 is 18.7 Å². The van der Waals surface area contributed by atoms with Crippen molar-refractivity contribution >= 4 is 17.4 Å². The molecule has 16 heavy (non-hydrogen) atoms. The summed E-state index contributed by atoms with van der Waals surface area (Å²) in [6, 6.07) is 4.18. The average molecular weight is 223 g/mol. The molecule has 0 aliphatic carbocycles. The summed E-state index contributed by atoms with van der Waals surface area (Å²) in [6.07, 6.45) is -0.104. The van der Waals surface area contributed by atoms with Gasteiger partial charge in [0.2, 0.25) is 5.91 Å². The van der Waals surface area contributed by atoms with Crippen LogP contribution >= 0.6 is 0 Å². The van der Waals surface area contributed by atoms with E-state index in [1.165, 1.54) is 24.1 Å². The third-order valence-electron chi connectivity index (χ3n) is 2.43. The zero-order chi connectivity index (χ0) is 11.7. The molecule has 1 heterocycles. The molecule has 0 bridgehead atoms. The lowest BCUT2D eigenvalue weighted by atomic mass is 10.2. The van der Waals surface area contributed by atoms with Crippen LogP contribution < -0.4 is 9.64 Å². The molecule has 1 aliphatic heterocycles. The molecule has 2 rings (SSSR count). The minimum Gasteiger partial charge on any atom is -0.494 e. The number of carbonyl (C=O) groups excluding carboxylic acids is 2. The van der Waals surface area contributed by atoms with E-state index in [1.807, 2.05) is 0 Å². The van der Waals surface area contributed by atoms with E-state index in [0.717, 1.165) is 0 Å². The molecule has 84 valence electrons. The number of halogens is 1. The average Bonchev–Trinajstić information content (AvgIpc) is 2.58. The zero-order valence-corrected chi connectivity index (χ0v) is 8.70. The lowest BCUT2D eigenvalue weighted by molar-refractivity contribution is -0.121. The molecule has 0 radical (unpaired) electrons. The summed E-state index contributed by atoms with van der Waals surface area (Å²) in [4.78, 5) is 23.7. The molecule has 4 nitrogen and oxygen atoms in total. The van der Waals surface area contributed by atoms with E-state index in [4.69, 9.17) is 4.74 Å². The van der Waals surface area contributed by atoms with E-state index >= 15 is 0 Å². The van der Waals surface area contributed by atoms with Crippen LogP contribution in [0.4, 0.5) is 10.1 Å². The maximum absolute atomic E-state index is 13.4. The number of anilines is 1. The van der Waals surface area contributed by atoms with Gasteiger partial charge in [-0.1, -0.05) is 0 Å². The van der Waals surface area contributed by atoms with Gasteiger partial charge in [-0.05, 0) is 12.1 Å². The third kappa shape index (κ3) is 1.76. The Morgan fingerprint density at radius 3 is 2.62 bits per heavy atom. The standard InChI is InChI=1S/C11H10FNO3/c1-16-10-3-2-7(4-9(10)12)13-6-8(14)5-11(13)15/h2-4H,5-6H2,1H3. The first kappa shape index (κ1) is 10.6. The molecule has 0 N–H and O–H groups in total. The van der Waals surface area contributed by atoms with Crippen LogP contribution in [0, 0.1) is 5.82 Å². The molecular weight excluding hydrogens is 213 g/mol. The maximum atomic E-state index is 13.4. The lowest BCUT2D eigenvalue weighted by Gasteiger charge is -2.15. The Bertz CT molecular complexity index is 459. The SMILES string of the molecule is COc1ccc(N2CC(=O)CC2=O)cc1F. The van der Waals surface area contributed by atoms with Gasteiger partial charge in [0, 0.05) is 11.8 Å². The predicted octanol–water partition coefficient (Wildman–Crippen LogP) is 1.14. The zero-order valence-electron chi connectivity index (χ0n) is 8.70. The van der Waals surface area contributed by atoms with Crippen LogP contribution in [0.1, 0.15) is 6.42 Å². The number of ketones is 1. The van der Waals surface area contributed by atoms with Gasteiger partial charge in [0.25, 0.3) is 0 Å². The molecule has 0 aromatic heterocycles. The van der Waals surface area contributed by atoms with E-state index in [0.29, 0.717) is 5.69 Å². The van der Waals surface area contributed by atoms with Gasteiger partial charge in [-0.25, -0.2) is 4.39 Å². The van der Waals surface area contributed by atoms with Crippen molar-refractivity contribution in [2.75, 3.05) is 18.6 Å². The van der Waals surface area contributed by atoms with Crippen LogP contribution in [0.5, 0.6) is 5.75 Å². The van der Waals surface area contributed by atoms with E-state index in [9.17, 15) is 14.0 Å². The lowest BCUT2D eigenvalue weighted by Crippen LogP contribution is -2.24. The quantitative estimate of drug-likeness (QED) is 0.706. The van der Waals surface area contributed by atoms with Gasteiger partial charge >= 0.3 is 0 Å². The molecule has 1 aromatic carbocycles. The second-order valence-corrected chi connectivity index (χ2v) is 3.51. The van der Waals surface area contributed by atoms with Crippen LogP contribution in [0.25, 0.3) is 0 Å². The van der Waals surface area contributed by atoms with E-state index in [2.05, 4.69) is 0 Å². The van der Waals surface area contributed by atoms with Gasteiger partial charge in [-0.2, -0.15) is 0 Å². The maximum Gasteiger partial charge on any atom is 0.234 e. The normalized spacial score (nSPS) is 15.8. The molecule has 0 saturated carbocycles. The molecule has 0 spiro atoms. The molecule has 1 fully saturated rings. The number of hydrogen-bond donors (Lipinski definition) is 0. The summed E-state index contributed by atoms with van der Waals surface area (Å²) in [5, 5.41) is 0. The van der Waals surface area contributed by atoms with Crippen molar-refractivity contribution in [2.24, 2.45) is 0 Å². The van der Waals surface area contributed by atoms with Crippen LogP contribution in [0.15, 0.2) is 18.2 Å². The van der Waals surface area contributed by atoms with Crippen molar-refractivity contribution in [3.63, 3.8) is 0 Å². The summed E-state index contributed by atoms with van der Waals surface area (Å²) < 4.78 is 18.1. The third-order valence-corrected chi connectivity index (χ3v) is 2.43. The molecule has 0 unspecified atom stereocenters. The van der Waals surface area contributed by atoms with Crippen molar-refractivity contribution in [3.8, 4) is 5.75 Å². The number of rotatable bonds is 2. The van der Waals surface area contributed by atoms with Gasteiger partial charge in [-0.15, -0.1) is 0 Å². The molecular formula is C11H10FNO3. The summed E-state index contributed by atoms with van der Waals surface area (Å²) in [5.74, 6) is -0.885. The fourth-order valence-electron chi connectivity index (χ4n) is 1.64. The van der Waals surface area contributed by atoms with Gasteiger partial charge in [0.05, 0.1) is 20.1 Å². The molecule has 1 aromatic rings. The summed E-state index contributed by atoms with van der Waals surface area (Å²) in [5.41, 5.74) is 0.383. The Labute approximate surface area is 91.6 Å². The van der Waals surface area contributed by atoms with Crippen LogP contribution in [-0.2, 0) is 9.59 Å². The summed E-state index contributed by atoms with van der Waals surface area (Å²) in [6.45, 7) is 0.0185. The Morgan fingerprint density at radius 1 is 1.38 bits per heavy atom. The predicted molar refractivity (Wildman–Crippen MR) is 54.9 cm³/mol. The number of hydrogen-bond acceptors (Lipinski definition) is 3. The fourth-order valence-corrected chi connectivity index (χ4v) is 1.64. The Morgan fingerprint density at radius 2 is 2.12 bits per heavy atom. The highest BCUT2D eigenvalue weighted by Crippen LogP contribution is 2.25. The molecule has 1 amide bonds. The number of benzene rings is 1. The van der Waals surface area contributed by atoms with Crippen LogP contribution in [0.2, 0.25) is 0 Å². The van der Waals surface area contributed by atoms with Gasteiger partial charge < -0.3 is 9.64 Å². The number of nitrogens with zero attached hydrogens (tertiary/aromatic N) is 1. The van der Waals surface area contributed by atoms with Crippen molar-refractivity contribution in [2.45, 2.75) is 6.42 Å². The first-order valence-corrected chi connectivity index (χ1v) is 4.77. The van der Waals surface area contributed by atoms with Crippen molar-refractivity contribution in [1.82, 2.24) is 0 Å². The number of carbonyl (C=O) groups is 2. The van der Waals surface area contributed by atoms with Crippen LogP contribution in [0.3, 0.4) is 0 Å². The summed E-state index contributed by atoms with van der Waals surface area (Å²) in [7, 11) is 1.36. The number of methoxy groups -OCH3 is 1.